The van der Waals surface area contributed by atoms with E-state index in [0.29, 0.717) is 54.8 Å². The zero-order valence-electron chi connectivity index (χ0n) is 22.1. The van der Waals surface area contributed by atoms with Gasteiger partial charge in [-0.3, -0.25) is 19.2 Å². The van der Waals surface area contributed by atoms with Crippen LogP contribution in [0.25, 0.3) is 11.0 Å². The molecule has 1 aromatic heterocycles. The second-order valence-corrected chi connectivity index (χ2v) is 9.56. The number of hydrogen-bond acceptors (Lipinski definition) is 6. The largest absolute Gasteiger partial charge is 0.388 e. The lowest BCUT2D eigenvalue weighted by atomic mass is 10.0. The molecule has 1 aliphatic heterocycles. The number of benzene rings is 2. The summed E-state index contributed by atoms with van der Waals surface area (Å²) in [6.45, 7) is 3.20. The average Bonchev–Trinajstić information content (AvgIpc) is 2.95. The molecular weight excluding hydrogens is 484 g/mol. The smallest absolute Gasteiger partial charge is 0.272 e. The fourth-order valence-electron chi connectivity index (χ4n) is 4.99. The molecule has 0 bridgehead atoms. The number of nitrogens with one attached hydrogen (secondary N) is 2. The van der Waals surface area contributed by atoms with Crippen molar-refractivity contribution in [1.29, 1.82) is 0 Å². The molecule has 0 aliphatic carbocycles. The molecule has 200 valence electrons. The summed E-state index contributed by atoms with van der Waals surface area (Å²) in [7, 11) is 3.55. The first-order valence-electron chi connectivity index (χ1n) is 12.8. The van der Waals surface area contributed by atoms with E-state index in [1.807, 2.05) is 30.1 Å². The Kier molecular flexibility index (Phi) is 8.40. The van der Waals surface area contributed by atoms with Gasteiger partial charge in [-0.1, -0.05) is 18.2 Å². The van der Waals surface area contributed by atoms with Crippen LogP contribution in [-0.4, -0.2) is 76.8 Å². The standard InChI is InChI=1S/C28H34N6O4/c1-19-28(38)32(3)25-9-8-21(16-24(25)31-19)27(37)30-17-26(36)33-14-11-22(12-15-33)34(18-35)13-10-20-6-4-5-7-23(20)29-2/h4-9,16,18,22,29H,10-15,17H2,1-3H3,(H,30,37). The molecule has 0 unspecified atom stereocenters. The molecule has 4 rings (SSSR count). The normalized spacial score (nSPS) is 13.8. The highest BCUT2D eigenvalue weighted by Gasteiger charge is 2.26. The van der Waals surface area contributed by atoms with Crippen LogP contribution >= 0.6 is 0 Å². The lowest BCUT2D eigenvalue weighted by Gasteiger charge is -2.37. The molecule has 0 spiro atoms. The molecule has 2 heterocycles. The fraction of sp³-hybridized carbons (Fsp3) is 0.393. The van der Waals surface area contributed by atoms with Crippen LogP contribution in [-0.2, 0) is 23.1 Å². The van der Waals surface area contributed by atoms with Gasteiger partial charge < -0.3 is 25.0 Å². The summed E-state index contributed by atoms with van der Waals surface area (Å²) in [5, 5.41) is 5.88. The Morgan fingerprint density at radius 2 is 1.89 bits per heavy atom. The minimum Gasteiger partial charge on any atom is -0.388 e. The first-order valence-corrected chi connectivity index (χ1v) is 12.8. The van der Waals surface area contributed by atoms with Crippen LogP contribution in [0, 0.1) is 6.92 Å². The number of fused-ring (bicyclic) bond motifs is 1. The van der Waals surface area contributed by atoms with Crippen molar-refractivity contribution < 1.29 is 14.4 Å². The molecule has 1 aliphatic rings. The molecule has 38 heavy (non-hydrogen) atoms. The maximum atomic E-state index is 12.8. The molecule has 1 fully saturated rings. The molecule has 3 aromatic rings. The SMILES string of the molecule is CNc1ccccc1CCN(C=O)C1CCN(C(=O)CNC(=O)c2ccc3c(c2)nc(C)c(=O)n3C)CC1. The number of likely N-dealkylation sites (tertiary alicyclic amines) is 1. The van der Waals surface area contributed by atoms with Crippen molar-refractivity contribution in [2.24, 2.45) is 7.05 Å². The van der Waals surface area contributed by atoms with Crippen molar-refractivity contribution >= 4 is 34.9 Å². The van der Waals surface area contributed by atoms with Crippen LogP contribution in [0.5, 0.6) is 0 Å². The molecule has 3 amide bonds. The van der Waals surface area contributed by atoms with Gasteiger partial charge in [-0.2, -0.15) is 0 Å². The van der Waals surface area contributed by atoms with Gasteiger partial charge in [-0.15, -0.1) is 0 Å². The zero-order chi connectivity index (χ0) is 27.2. The van der Waals surface area contributed by atoms with Crippen LogP contribution < -0.4 is 16.2 Å². The maximum Gasteiger partial charge on any atom is 0.272 e. The predicted octanol–water partition coefficient (Wildman–Crippen LogP) is 1.71. The molecule has 0 saturated carbocycles. The van der Waals surface area contributed by atoms with E-state index >= 15 is 0 Å². The quantitative estimate of drug-likeness (QED) is 0.417. The lowest BCUT2D eigenvalue weighted by molar-refractivity contribution is -0.132. The minimum absolute atomic E-state index is 0.0809. The number of piperidine rings is 1. The van der Waals surface area contributed by atoms with Crippen LogP contribution in [0.2, 0.25) is 0 Å². The molecular formula is C28H34N6O4. The van der Waals surface area contributed by atoms with Gasteiger partial charge in [0.1, 0.15) is 5.69 Å². The van der Waals surface area contributed by atoms with E-state index in [9.17, 15) is 19.2 Å². The van der Waals surface area contributed by atoms with Crippen LogP contribution in [0.1, 0.15) is 34.5 Å². The van der Waals surface area contributed by atoms with Crippen molar-refractivity contribution in [2.75, 3.05) is 38.5 Å². The Morgan fingerprint density at radius 3 is 2.61 bits per heavy atom. The first kappa shape index (κ1) is 26.8. The Hall–Kier alpha value is -4.21. The van der Waals surface area contributed by atoms with E-state index in [4.69, 9.17) is 0 Å². The Bertz CT molecular complexity index is 1390. The first-order chi connectivity index (χ1) is 18.3. The molecule has 2 aromatic carbocycles. The third-order valence-corrected chi connectivity index (χ3v) is 7.25. The minimum atomic E-state index is -0.377. The van der Waals surface area contributed by atoms with Crippen LogP contribution in [0.15, 0.2) is 47.3 Å². The highest BCUT2D eigenvalue weighted by Crippen LogP contribution is 2.19. The topological polar surface area (TPSA) is 117 Å². The summed E-state index contributed by atoms with van der Waals surface area (Å²) < 4.78 is 1.50. The van der Waals surface area contributed by atoms with Gasteiger partial charge in [0.15, 0.2) is 0 Å². The van der Waals surface area contributed by atoms with Crippen LogP contribution in [0.4, 0.5) is 5.69 Å². The second kappa shape index (κ2) is 11.9. The van der Waals surface area contributed by atoms with Crippen molar-refractivity contribution in [1.82, 2.24) is 24.7 Å². The van der Waals surface area contributed by atoms with Crippen molar-refractivity contribution in [2.45, 2.75) is 32.2 Å². The van der Waals surface area contributed by atoms with E-state index in [2.05, 4.69) is 21.7 Å². The Balaban J connectivity index is 1.28. The van der Waals surface area contributed by atoms with Crippen molar-refractivity contribution in [3.8, 4) is 0 Å². The van der Waals surface area contributed by atoms with Crippen LogP contribution in [0.3, 0.4) is 0 Å². The number of anilines is 1. The third kappa shape index (κ3) is 5.85. The average molecular weight is 519 g/mol. The number of para-hydroxylation sites is 1. The van der Waals surface area contributed by atoms with Gasteiger partial charge in [0.25, 0.3) is 11.5 Å². The number of amides is 3. The highest BCUT2D eigenvalue weighted by molar-refractivity contribution is 5.99. The lowest BCUT2D eigenvalue weighted by Crippen LogP contribution is -2.49. The molecule has 10 heteroatoms. The second-order valence-electron chi connectivity index (χ2n) is 9.56. The van der Waals surface area contributed by atoms with Gasteiger partial charge >= 0.3 is 0 Å². The van der Waals surface area contributed by atoms with Gasteiger partial charge in [-0.25, -0.2) is 4.98 Å². The Morgan fingerprint density at radius 1 is 1.16 bits per heavy atom. The number of aromatic nitrogens is 2. The number of carbonyl (C=O) groups is 3. The molecule has 10 nitrogen and oxygen atoms in total. The number of nitrogens with zero attached hydrogens (tertiary/aromatic N) is 4. The number of hydrogen-bond donors (Lipinski definition) is 2. The van der Waals surface area contributed by atoms with E-state index in [-0.39, 0.29) is 30.0 Å². The monoisotopic (exact) mass is 518 g/mol. The molecule has 2 N–H and O–H groups in total. The summed E-state index contributed by atoms with van der Waals surface area (Å²) in [6, 6.07) is 13.0. The van der Waals surface area contributed by atoms with Crippen molar-refractivity contribution in [3.63, 3.8) is 0 Å². The van der Waals surface area contributed by atoms with E-state index in [1.165, 1.54) is 4.57 Å². The highest BCUT2D eigenvalue weighted by atomic mass is 16.2. The Labute approximate surface area is 221 Å². The number of aryl methyl sites for hydroxylation is 2. The number of carbonyl (C=O) groups excluding carboxylic acids is 3. The molecule has 0 radical (unpaired) electrons. The van der Waals surface area contributed by atoms with E-state index in [1.54, 1.807) is 37.1 Å². The fourth-order valence-corrected chi connectivity index (χ4v) is 4.99. The summed E-state index contributed by atoms with van der Waals surface area (Å²) in [6.07, 6.45) is 3.05. The van der Waals surface area contributed by atoms with Gasteiger partial charge in [0.2, 0.25) is 12.3 Å². The van der Waals surface area contributed by atoms with Gasteiger partial charge in [0.05, 0.1) is 17.6 Å². The van der Waals surface area contributed by atoms with Crippen molar-refractivity contribution in [3.05, 3.63) is 69.6 Å². The zero-order valence-corrected chi connectivity index (χ0v) is 22.1. The summed E-state index contributed by atoms with van der Waals surface area (Å²) in [5.74, 6) is -0.535. The van der Waals surface area contributed by atoms with Gasteiger partial charge in [0, 0.05) is 51.0 Å². The predicted molar refractivity (Wildman–Crippen MR) is 146 cm³/mol. The van der Waals surface area contributed by atoms with E-state index < -0.39 is 0 Å². The van der Waals surface area contributed by atoms with E-state index in [0.717, 1.165) is 24.1 Å². The summed E-state index contributed by atoms with van der Waals surface area (Å²) in [4.78, 5) is 57.2. The summed E-state index contributed by atoms with van der Waals surface area (Å²) >= 11 is 0. The third-order valence-electron chi connectivity index (χ3n) is 7.25. The maximum absolute atomic E-state index is 12.8. The number of rotatable bonds is 9. The summed E-state index contributed by atoms with van der Waals surface area (Å²) in [5.41, 5.74) is 3.93. The van der Waals surface area contributed by atoms with Gasteiger partial charge in [-0.05, 0) is 56.0 Å². The molecule has 0 atom stereocenters. The molecule has 1 saturated heterocycles.